The van der Waals surface area contributed by atoms with Crippen LogP contribution in [0.5, 0.6) is 0 Å². The topological polar surface area (TPSA) is 103 Å². The van der Waals surface area contributed by atoms with Gasteiger partial charge in [0.05, 0.1) is 47.7 Å². The van der Waals surface area contributed by atoms with E-state index in [1.807, 2.05) is 15.9 Å². The number of nitrogens with zero attached hydrogens (tertiary/aromatic N) is 3. The molecule has 2 aliphatic rings. The highest BCUT2D eigenvalue weighted by atomic mass is 32.2. The molecule has 4 rings (SSSR count). The molecule has 0 aliphatic carbocycles. The number of amides is 1. The van der Waals surface area contributed by atoms with E-state index >= 15 is 0 Å². The predicted molar refractivity (Wildman–Crippen MR) is 158 cm³/mol. The van der Waals surface area contributed by atoms with Crippen molar-refractivity contribution in [2.45, 2.75) is 74.8 Å². The lowest BCUT2D eigenvalue weighted by atomic mass is 9.91. The van der Waals surface area contributed by atoms with Crippen molar-refractivity contribution in [3.63, 3.8) is 0 Å². The van der Waals surface area contributed by atoms with E-state index in [2.05, 4.69) is 10.1 Å². The lowest BCUT2D eigenvalue weighted by Gasteiger charge is -2.46. The number of nitriles is 1. The van der Waals surface area contributed by atoms with Crippen LogP contribution in [0.2, 0.25) is 0 Å². The van der Waals surface area contributed by atoms with Crippen molar-refractivity contribution in [3.8, 4) is 6.07 Å². The number of alkyl halides is 5. The fourth-order valence-electron chi connectivity index (χ4n) is 6.03. The first-order valence-corrected chi connectivity index (χ1v) is 16.5. The van der Waals surface area contributed by atoms with Gasteiger partial charge >= 0.3 is 12.8 Å². The summed E-state index contributed by atoms with van der Waals surface area (Å²) in [6, 6.07) is 13.4. The number of piperidine rings is 2. The molecule has 0 radical (unpaired) electrons. The van der Waals surface area contributed by atoms with Gasteiger partial charge in [0, 0.05) is 23.8 Å². The van der Waals surface area contributed by atoms with Gasteiger partial charge in [-0.15, -0.1) is 0 Å². The van der Waals surface area contributed by atoms with Crippen LogP contribution in [0.25, 0.3) is 0 Å². The van der Waals surface area contributed by atoms with Crippen LogP contribution in [0.15, 0.2) is 53.4 Å². The first kappa shape index (κ1) is 34.6. The Morgan fingerprint density at radius 2 is 1.69 bits per heavy atom. The molecule has 2 aromatic rings. The summed E-state index contributed by atoms with van der Waals surface area (Å²) < 4.78 is 94.2. The number of nitrogens with one attached hydrogen (secondary N) is 1. The molecule has 45 heavy (non-hydrogen) atoms. The summed E-state index contributed by atoms with van der Waals surface area (Å²) >= 11 is 0. The Kier molecular flexibility index (Phi) is 11.4. The lowest BCUT2D eigenvalue weighted by Crippen LogP contribution is -2.55. The number of hydrogen-bond acceptors (Lipinski definition) is 7. The largest absolute Gasteiger partial charge is 0.391 e. The lowest BCUT2D eigenvalue weighted by molar-refractivity contribution is -0.186. The fraction of sp³-hybridized carbons (Fsp3) is 0.548. The third-order valence-electron chi connectivity index (χ3n) is 8.69. The zero-order chi connectivity index (χ0) is 32.8. The van der Waals surface area contributed by atoms with Gasteiger partial charge in [-0.25, -0.2) is 8.42 Å². The quantitative estimate of drug-likeness (QED) is 0.309. The van der Waals surface area contributed by atoms with E-state index in [1.54, 1.807) is 43.3 Å². The number of ether oxygens (including phenoxy) is 1. The number of rotatable bonds is 11. The summed E-state index contributed by atoms with van der Waals surface area (Å²) in [4.78, 5) is 17.2. The Bertz CT molecular complexity index is 1420. The summed E-state index contributed by atoms with van der Waals surface area (Å²) in [6.45, 7) is -0.601. The molecule has 1 amide bonds. The molecule has 0 unspecified atom stereocenters. The van der Waals surface area contributed by atoms with Crippen LogP contribution in [0.3, 0.4) is 0 Å². The van der Waals surface area contributed by atoms with Crippen LogP contribution >= 0.6 is 0 Å². The van der Waals surface area contributed by atoms with E-state index in [9.17, 15) is 40.4 Å². The summed E-state index contributed by atoms with van der Waals surface area (Å²) in [7, 11) is -3.41. The van der Waals surface area contributed by atoms with Crippen LogP contribution in [-0.4, -0.2) is 76.1 Å². The van der Waals surface area contributed by atoms with Gasteiger partial charge in [-0.1, -0.05) is 19.1 Å². The van der Waals surface area contributed by atoms with Gasteiger partial charge in [-0.3, -0.25) is 9.69 Å². The minimum atomic E-state index is -4.21. The molecule has 0 bridgehead atoms. The number of hydrogen-bond donors (Lipinski definition) is 1. The van der Waals surface area contributed by atoms with Crippen LogP contribution in [0.1, 0.15) is 61.0 Å². The summed E-state index contributed by atoms with van der Waals surface area (Å²) in [5, 5.41) is 12.2. The van der Waals surface area contributed by atoms with Gasteiger partial charge in [-0.05, 0) is 80.7 Å². The minimum Gasteiger partial charge on any atom is -0.365 e. The Labute approximate surface area is 260 Å². The number of sulfone groups is 1. The van der Waals surface area contributed by atoms with Gasteiger partial charge in [0.15, 0.2) is 9.84 Å². The molecule has 0 saturated carbocycles. The Morgan fingerprint density at radius 3 is 2.24 bits per heavy atom. The number of halogens is 5. The van der Waals surface area contributed by atoms with E-state index in [4.69, 9.17) is 0 Å². The van der Waals surface area contributed by atoms with Crippen LogP contribution in [-0.2, 0) is 14.6 Å². The maximum atomic E-state index is 13.2. The summed E-state index contributed by atoms with van der Waals surface area (Å²) in [5.74, 6) is -1.84. The smallest absolute Gasteiger partial charge is 0.365 e. The average Bonchev–Trinajstić information content (AvgIpc) is 3.03. The third-order valence-corrected chi connectivity index (χ3v) is 10.4. The zero-order valence-corrected chi connectivity index (χ0v) is 25.7. The van der Waals surface area contributed by atoms with Crippen molar-refractivity contribution in [1.29, 1.82) is 5.26 Å². The highest BCUT2D eigenvalue weighted by molar-refractivity contribution is 7.91. The molecular formula is C31H37F5N4O4S. The molecule has 2 saturated heterocycles. The van der Waals surface area contributed by atoms with Crippen molar-refractivity contribution in [2.24, 2.45) is 5.92 Å². The molecule has 3 atom stereocenters. The van der Waals surface area contributed by atoms with E-state index in [1.165, 1.54) is 12.1 Å². The van der Waals surface area contributed by atoms with E-state index in [-0.39, 0.29) is 54.2 Å². The first-order valence-electron chi connectivity index (χ1n) is 14.9. The Hall–Kier alpha value is -3.28. The molecular weight excluding hydrogens is 619 g/mol. The predicted octanol–water partition coefficient (Wildman–Crippen LogP) is 5.72. The third kappa shape index (κ3) is 8.92. The van der Waals surface area contributed by atoms with Crippen molar-refractivity contribution in [3.05, 3.63) is 59.7 Å². The second kappa shape index (κ2) is 14.9. The molecule has 2 fully saturated rings. The van der Waals surface area contributed by atoms with Crippen molar-refractivity contribution in [2.75, 3.05) is 36.9 Å². The number of carbonyl (C=O) groups excluding carboxylic acids is 1. The molecule has 2 aromatic carbocycles. The SMILES string of the molecule is CCS(=O)(=O)c1ccc([C@H](CC#N)NC(=O)c2ccc(N3C[C@@H](N4CCC(C(F)(F)F)CC4)CC[C@H]3COC(F)F)cc2)cc1. The van der Waals surface area contributed by atoms with Gasteiger partial charge in [0.25, 0.3) is 5.91 Å². The highest BCUT2D eigenvalue weighted by Gasteiger charge is 2.43. The van der Waals surface area contributed by atoms with E-state index in [0.717, 1.165) is 0 Å². The highest BCUT2D eigenvalue weighted by Crippen LogP contribution is 2.36. The molecule has 2 aliphatic heterocycles. The van der Waals surface area contributed by atoms with Crippen molar-refractivity contribution in [1.82, 2.24) is 10.2 Å². The molecule has 14 heteroatoms. The normalized spacial score (nSPS) is 21.0. The molecule has 2 heterocycles. The minimum absolute atomic E-state index is 0.0243. The van der Waals surface area contributed by atoms with Gasteiger partial charge in [-0.2, -0.15) is 27.2 Å². The Morgan fingerprint density at radius 1 is 1.04 bits per heavy atom. The van der Waals surface area contributed by atoms with Crippen LogP contribution < -0.4 is 10.2 Å². The summed E-state index contributed by atoms with van der Waals surface area (Å²) in [6.07, 6.45) is -3.07. The second-order valence-electron chi connectivity index (χ2n) is 11.4. The summed E-state index contributed by atoms with van der Waals surface area (Å²) in [5.41, 5.74) is 1.51. The van der Waals surface area contributed by atoms with Crippen LogP contribution in [0.4, 0.5) is 27.6 Å². The number of benzene rings is 2. The monoisotopic (exact) mass is 656 g/mol. The van der Waals surface area contributed by atoms with E-state index in [0.29, 0.717) is 43.7 Å². The Balaban J connectivity index is 1.46. The standard InChI is InChI=1S/C31H37F5N4O4S/c1-2-45(42,43)27-11-5-21(6-12-27)28(13-16-37)38-29(41)22-3-7-24(8-4-22)40-19-25(9-10-26(40)20-44-30(32)33)39-17-14-23(15-18-39)31(34,35)36/h3-8,11-12,23,25-26,28,30H,2,9-10,13-15,17-20H2,1H3,(H,38,41)/t25-,26-,28-/m0/s1. The molecule has 8 nitrogen and oxygen atoms in total. The zero-order valence-electron chi connectivity index (χ0n) is 24.8. The van der Waals surface area contributed by atoms with Gasteiger partial charge in [0.1, 0.15) is 0 Å². The van der Waals surface area contributed by atoms with Crippen LogP contribution in [0, 0.1) is 17.2 Å². The number of carbonyl (C=O) groups is 1. The second-order valence-corrected chi connectivity index (χ2v) is 13.7. The molecule has 246 valence electrons. The molecule has 1 N–H and O–H groups in total. The fourth-order valence-corrected chi connectivity index (χ4v) is 6.92. The maximum Gasteiger partial charge on any atom is 0.391 e. The number of anilines is 1. The van der Waals surface area contributed by atoms with E-state index < -0.39 is 40.5 Å². The van der Waals surface area contributed by atoms with Crippen molar-refractivity contribution >= 4 is 21.4 Å². The molecule has 0 aromatic heterocycles. The molecule has 0 spiro atoms. The van der Waals surface area contributed by atoms with Gasteiger partial charge in [0.2, 0.25) is 0 Å². The van der Waals surface area contributed by atoms with Crippen molar-refractivity contribution < 1.29 is 39.9 Å². The van der Waals surface area contributed by atoms with Gasteiger partial charge < -0.3 is 15.0 Å². The average molecular weight is 657 g/mol. The maximum absolute atomic E-state index is 13.2. The first-order chi connectivity index (χ1) is 21.3. The number of likely N-dealkylation sites (tertiary alicyclic amines) is 1.